The van der Waals surface area contributed by atoms with Crippen molar-refractivity contribution in [1.82, 2.24) is 20.3 Å². The van der Waals surface area contributed by atoms with Crippen LogP contribution in [0.4, 0.5) is 0 Å². The second-order valence-corrected chi connectivity index (χ2v) is 7.39. The van der Waals surface area contributed by atoms with Gasteiger partial charge in [0.2, 0.25) is 23.4 Å². The fourth-order valence-electron chi connectivity index (χ4n) is 3.05. The molecule has 172 valence electrons. The fraction of sp³-hybridized carbons (Fsp3) is 0.292. The molecule has 0 atom stereocenters. The van der Waals surface area contributed by atoms with Crippen LogP contribution >= 0.6 is 0 Å². The Morgan fingerprint density at radius 2 is 1.24 bits per heavy atom. The Balaban J connectivity index is 0.000000189. The topological polar surface area (TPSA) is 135 Å². The van der Waals surface area contributed by atoms with E-state index in [1.807, 2.05) is 48.5 Å². The van der Waals surface area contributed by atoms with Crippen LogP contribution in [0.25, 0.3) is 22.8 Å². The number of aliphatic carboxylic acids is 1. The Kier molecular flexibility index (Phi) is 8.43. The lowest BCUT2D eigenvalue weighted by molar-refractivity contribution is -0.137. The number of carboxylic acids is 1. The summed E-state index contributed by atoms with van der Waals surface area (Å²) in [5.41, 5.74) is 4.03. The Bertz CT molecular complexity index is 1150. The monoisotopic (exact) mass is 450 g/mol. The van der Waals surface area contributed by atoms with E-state index in [0.717, 1.165) is 28.7 Å². The summed E-state index contributed by atoms with van der Waals surface area (Å²) in [6.45, 7) is 3.67. The van der Waals surface area contributed by atoms with Gasteiger partial charge in [0.1, 0.15) is 0 Å². The van der Waals surface area contributed by atoms with Gasteiger partial charge < -0.3 is 19.3 Å². The Morgan fingerprint density at radius 3 is 1.61 bits per heavy atom. The zero-order chi connectivity index (χ0) is 23.6. The molecule has 0 bridgehead atoms. The number of carbonyl (C=O) groups is 1. The van der Waals surface area contributed by atoms with E-state index in [9.17, 15) is 4.79 Å². The smallest absolute Gasteiger partial charge is 0.303 e. The van der Waals surface area contributed by atoms with Crippen molar-refractivity contribution in [2.75, 3.05) is 6.61 Å². The maximum atomic E-state index is 10.4. The molecule has 0 fully saturated rings. The zero-order valence-electron chi connectivity index (χ0n) is 18.6. The SMILES string of the molecule is Cc1nc(-c2ccc(CCCC(=O)O)cc2)no1.Cc1nc(-c2ccc(CCO)cc2)no1. The van der Waals surface area contributed by atoms with E-state index in [-0.39, 0.29) is 13.0 Å². The maximum absolute atomic E-state index is 10.4. The summed E-state index contributed by atoms with van der Waals surface area (Å²) in [5, 5.41) is 25.0. The molecule has 0 spiro atoms. The van der Waals surface area contributed by atoms with Crippen molar-refractivity contribution in [1.29, 1.82) is 0 Å². The number of nitrogens with zero attached hydrogens (tertiary/aromatic N) is 4. The summed E-state index contributed by atoms with van der Waals surface area (Å²) in [6, 6.07) is 15.5. The highest BCUT2D eigenvalue weighted by Gasteiger charge is 2.06. The molecule has 0 saturated carbocycles. The average Bonchev–Trinajstić information content (AvgIpc) is 3.44. The van der Waals surface area contributed by atoms with Crippen LogP contribution in [0.2, 0.25) is 0 Å². The molecule has 4 aromatic rings. The van der Waals surface area contributed by atoms with E-state index >= 15 is 0 Å². The van der Waals surface area contributed by atoms with Gasteiger partial charge in [0.05, 0.1) is 0 Å². The van der Waals surface area contributed by atoms with Gasteiger partial charge in [0, 0.05) is 38.0 Å². The van der Waals surface area contributed by atoms with Gasteiger partial charge >= 0.3 is 5.97 Å². The molecule has 2 aromatic heterocycles. The zero-order valence-corrected chi connectivity index (χ0v) is 18.6. The van der Waals surface area contributed by atoms with Crippen LogP contribution in [0.5, 0.6) is 0 Å². The number of aryl methyl sites for hydroxylation is 3. The molecular weight excluding hydrogens is 424 g/mol. The van der Waals surface area contributed by atoms with Crippen molar-refractivity contribution in [3.63, 3.8) is 0 Å². The third-order valence-corrected chi connectivity index (χ3v) is 4.74. The Labute approximate surface area is 191 Å². The number of aliphatic hydroxyl groups excluding tert-OH is 1. The molecule has 2 heterocycles. The molecular formula is C24H26N4O5. The van der Waals surface area contributed by atoms with Crippen LogP contribution in [0, 0.1) is 13.8 Å². The number of hydrogen-bond donors (Lipinski definition) is 2. The molecule has 0 aliphatic rings. The van der Waals surface area contributed by atoms with Crippen molar-refractivity contribution >= 4 is 5.97 Å². The van der Waals surface area contributed by atoms with Gasteiger partial charge in [0.25, 0.3) is 0 Å². The van der Waals surface area contributed by atoms with Crippen molar-refractivity contribution < 1.29 is 24.1 Å². The first-order valence-corrected chi connectivity index (χ1v) is 10.6. The largest absolute Gasteiger partial charge is 0.481 e. The number of carboxylic acid groups (broad SMARTS) is 1. The number of aliphatic hydroxyl groups is 1. The summed E-state index contributed by atoms with van der Waals surface area (Å²) in [5.74, 6) is 1.52. The molecule has 4 rings (SSSR count). The molecule has 0 saturated heterocycles. The van der Waals surface area contributed by atoms with Crippen molar-refractivity contribution in [2.45, 2.75) is 39.5 Å². The summed E-state index contributed by atoms with van der Waals surface area (Å²) in [4.78, 5) is 18.7. The lowest BCUT2D eigenvalue weighted by Crippen LogP contribution is -1.95. The Hall–Kier alpha value is -3.85. The van der Waals surface area contributed by atoms with E-state index < -0.39 is 5.97 Å². The molecule has 9 heteroatoms. The van der Waals surface area contributed by atoms with Crippen LogP contribution in [0.3, 0.4) is 0 Å². The predicted molar refractivity (Wildman–Crippen MR) is 120 cm³/mol. The molecule has 0 radical (unpaired) electrons. The van der Waals surface area contributed by atoms with Crippen molar-refractivity contribution in [3.05, 3.63) is 71.4 Å². The average molecular weight is 450 g/mol. The highest BCUT2D eigenvalue weighted by Crippen LogP contribution is 2.18. The van der Waals surface area contributed by atoms with E-state index in [4.69, 9.17) is 19.3 Å². The minimum Gasteiger partial charge on any atom is -0.481 e. The third-order valence-electron chi connectivity index (χ3n) is 4.74. The van der Waals surface area contributed by atoms with Gasteiger partial charge in [-0.05, 0) is 30.4 Å². The lowest BCUT2D eigenvalue weighted by atomic mass is 10.1. The summed E-state index contributed by atoms with van der Waals surface area (Å²) in [6.07, 6.45) is 2.28. The van der Waals surface area contributed by atoms with E-state index in [2.05, 4.69) is 20.3 Å². The molecule has 0 aliphatic carbocycles. The van der Waals surface area contributed by atoms with Crippen molar-refractivity contribution in [3.8, 4) is 22.8 Å². The van der Waals surface area contributed by atoms with Crippen LogP contribution < -0.4 is 0 Å². The number of rotatable bonds is 8. The fourth-order valence-corrected chi connectivity index (χ4v) is 3.05. The molecule has 33 heavy (non-hydrogen) atoms. The summed E-state index contributed by atoms with van der Waals surface area (Å²) >= 11 is 0. The predicted octanol–water partition coefficient (Wildman–Crippen LogP) is 4.03. The molecule has 2 N–H and O–H groups in total. The van der Waals surface area contributed by atoms with Gasteiger partial charge in [-0.2, -0.15) is 9.97 Å². The minimum atomic E-state index is -0.756. The van der Waals surface area contributed by atoms with Crippen LogP contribution in [0.1, 0.15) is 35.7 Å². The summed E-state index contributed by atoms with van der Waals surface area (Å²) < 4.78 is 9.81. The highest BCUT2D eigenvalue weighted by molar-refractivity contribution is 5.66. The minimum absolute atomic E-state index is 0.167. The second-order valence-electron chi connectivity index (χ2n) is 7.39. The van der Waals surface area contributed by atoms with Gasteiger partial charge in [-0.25, -0.2) is 0 Å². The van der Waals surface area contributed by atoms with E-state index in [0.29, 0.717) is 36.3 Å². The molecule has 0 unspecified atom stereocenters. The second kappa shape index (κ2) is 11.7. The first kappa shape index (κ1) is 23.8. The van der Waals surface area contributed by atoms with Crippen molar-refractivity contribution in [2.24, 2.45) is 0 Å². The van der Waals surface area contributed by atoms with Gasteiger partial charge in [-0.15, -0.1) is 0 Å². The van der Waals surface area contributed by atoms with Gasteiger partial charge in [-0.3, -0.25) is 4.79 Å². The number of benzene rings is 2. The lowest BCUT2D eigenvalue weighted by Gasteiger charge is -2.00. The first-order valence-electron chi connectivity index (χ1n) is 10.6. The van der Waals surface area contributed by atoms with Crippen LogP contribution in [0.15, 0.2) is 57.6 Å². The normalized spacial score (nSPS) is 10.5. The molecule has 9 nitrogen and oxygen atoms in total. The molecule has 2 aromatic carbocycles. The van der Waals surface area contributed by atoms with Gasteiger partial charge in [-0.1, -0.05) is 58.8 Å². The Morgan fingerprint density at radius 1 is 0.788 bits per heavy atom. The van der Waals surface area contributed by atoms with Crippen LogP contribution in [-0.2, 0) is 17.6 Å². The van der Waals surface area contributed by atoms with Crippen LogP contribution in [-0.4, -0.2) is 43.1 Å². The first-order chi connectivity index (χ1) is 15.9. The molecule has 0 amide bonds. The number of aromatic nitrogens is 4. The maximum Gasteiger partial charge on any atom is 0.303 e. The summed E-state index contributed by atoms with van der Waals surface area (Å²) in [7, 11) is 0. The van der Waals surface area contributed by atoms with Gasteiger partial charge in [0.15, 0.2) is 0 Å². The standard InChI is InChI=1S/C13H14N2O3.C11H12N2O2/c1-9-14-13(15-18-9)11-7-5-10(6-8-11)3-2-4-12(16)17;1-8-12-11(13-15-8)10-4-2-9(3-5-10)6-7-14/h5-8H,2-4H2,1H3,(H,16,17);2-5,14H,6-7H2,1H3. The highest BCUT2D eigenvalue weighted by atomic mass is 16.5. The quantitative estimate of drug-likeness (QED) is 0.408. The molecule has 0 aliphatic heterocycles. The third kappa shape index (κ3) is 7.36. The van der Waals surface area contributed by atoms with E-state index in [1.165, 1.54) is 0 Å². The number of hydrogen-bond acceptors (Lipinski definition) is 8. The van der Waals surface area contributed by atoms with E-state index in [1.54, 1.807) is 13.8 Å².